The summed E-state index contributed by atoms with van der Waals surface area (Å²) in [7, 11) is 0. The molecule has 1 aromatic rings. The fraction of sp³-hybridized carbons (Fsp3) is 0.462. The molecule has 0 saturated carbocycles. The SMILES string of the molecule is Cc1cccc(C(=O)NCC2COCCO2)c1N. The van der Waals surface area contributed by atoms with Gasteiger partial charge in [-0.2, -0.15) is 0 Å². The van der Waals surface area contributed by atoms with E-state index in [0.29, 0.717) is 37.6 Å². The highest BCUT2D eigenvalue weighted by Crippen LogP contribution is 2.16. The Kier molecular flexibility index (Phi) is 4.17. The average molecular weight is 250 g/mol. The second kappa shape index (κ2) is 5.84. The zero-order chi connectivity index (χ0) is 13.0. The molecule has 1 atom stereocenters. The molecule has 1 heterocycles. The number of benzene rings is 1. The van der Waals surface area contributed by atoms with Gasteiger partial charge in [-0.15, -0.1) is 0 Å². The Labute approximate surface area is 106 Å². The Hall–Kier alpha value is -1.59. The predicted molar refractivity (Wildman–Crippen MR) is 68.5 cm³/mol. The van der Waals surface area contributed by atoms with E-state index in [4.69, 9.17) is 15.2 Å². The maximum atomic E-state index is 12.0. The largest absolute Gasteiger partial charge is 0.398 e. The van der Waals surface area contributed by atoms with Crippen molar-refractivity contribution >= 4 is 11.6 Å². The summed E-state index contributed by atoms with van der Waals surface area (Å²) < 4.78 is 10.7. The second-order valence-corrected chi connectivity index (χ2v) is 4.31. The first kappa shape index (κ1) is 12.9. The summed E-state index contributed by atoms with van der Waals surface area (Å²) in [5.41, 5.74) is 7.81. The predicted octanol–water partition coefficient (Wildman–Crippen LogP) is 0.722. The van der Waals surface area contributed by atoms with Crippen molar-refractivity contribution in [1.82, 2.24) is 5.32 Å². The van der Waals surface area contributed by atoms with Gasteiger partial charge in [-0.1, -0.05) is 12.1 Å². The lowest BCUT2D eigenvalue weighted by Gasteiger charge is -2.23. The molecule has 98 valence electrons. The Morgan fingerprint density at radius 3 is 3.06 bits per heavy atom. The number of anilines is 1. The summed E-state index contributed by atoms with van der Waals surface area (Å²) in [4.78, 5) is 12.0. The lowest BCUT2D eigenvalue weighted by atomic mass is 10.1. The zero-order valence-electron chi connectivity index (χ0n) is 10.4. The second-order valence-electron chi connectivity index (χ2n) is 4.31. The van der Waals surface area contributed by atoms with Crippen LogP contribution >= 0.6 is 0 Å². The van der Waals surface area contributed by atoms with Gasteiger partial charge >= 0.3 is 0 Å². The third kappa shape index (κ3) is 3.00. The molecular formula is C13H18N2O3. The van der Waals surface area contributed by atoms with E-state index in [1.54, 1.807) is 6.07 Å². The van der Waals surface area contributed by atoms with Crippen molar-refractivity contribution < 1.29 is 14.3 Å². The van der Waals surface area contributed by atoms with Crippen LogP contribution in [0.2, 0.25) is 0 Å². The molecule has 1 fully saturated rings. The van der Waals surface area contributed by atoms with Gasteiger partial charge in [0.05, 0.1) is 31.5 Å². The van der Waals surface area contributed by atoms with Gasteiger partial charge in [0.2, 0.25) is 0 Å². The number of nitrogen functional groups attached to an aromatic ring is 1. The van der Waals surface area contributed by atoms with Crippen LogP contribution < -0.4 is 11.1 Å². The van der Waals surface area contributed by atoms with Gasteiger partial charge in [-0.3, -0.25) is 4.79 Å². The van der Waals surface area contributed by atoms with Gasteiger partial charge < -0.3 is 20.5 Å². The number of aryl methyl sites for hydroxylation is 1. The molecule has 0 aromatic heterocycles. The van der Waals surface area contributed by atoms with E-state index >= 15 is 0 Å². The van der Waals surface area contributed by atoms with Gasteiger partial charge in [-0.25, -0.2) is 0 Å². The Balaban J connectivity index is 1.93. The van der Waals surface area contributed by atoms with Crippen LogP contribution in [0.1, 0.15) is 15.9 Å². The number of rotatable bonds is 3. The van der Waals surface area contributed by atoms with E-state index in [-0.39, 0.29) is 12.0 Å². The molecule has 1 saturated heterocycles. The Morgan fingerprint density at radius 2 is 2.33 bits per heavy atom. The highest BCUT2D eigenvalue weighted by atomic mass is 16.6. The fourth-order valence-electron chi connectivity index (χ4n) is 1.83. The number of carbonyl (C=O) groups is 1. The average Bonchev–Trinajstić information content (AvgIpc) is 2.40. The highest BCUT2D eigenvalue weighted by molar-refractivity contribution is 5.99. The van der Waals surface area contributed by atoms with Crippen molar-refractivity contribution in [2.75, 3.05) is 32.1 Å². The molecule has 0 spiro atoms. The summed E-state index contributed by atoms with van der Waals surface area (Å²) in [5.74, 6) is -0.176. The fourth-order valence-corrected chi connectivity index (χ4v) is 1.83. The van der Waals surface area contributed by atoms with E-state index in [0.717, 1.165) is 5.56 Å². The van der Waals surface area contributed by atoms with Crippen molar-refractivity contribution in [3.05, 3.63) is 29.3 Å². The molecular weight excluding hydrogens is 232 g/mol. The molecule has 5 heteroatoms. The number of nitrogens with two attached hydrogens (primary N) is 1. The molecule has 0 bridgehead atoms. The summed E-state index contributed by atoms with van der Waals surface area (Å²) in [6.07, 6.45) is -0.0752. The molecule has 5 nitrogen and oxygen atoms in total. The third-order valence-electron chi connectivity index (χ3n) is 2.94. The van der Waals surface area contributed by atoms with Crippen LogP contribution in [0.3, 0.4) is 0 Å². The molecule has 3 N–H and O–H groups in total. The molecule has 1 aromatic carbocycles. The first-order chi connectivity index (χ1) is 8.68. The van der Waals surface area contributed by atoms with Gasteiger partial charge in [0, 0.05) is 12.2 Å². The summed E-state index contributed by atoms with van der Waals surface area (Å²) in [6, 6.07) is 5.42. The first-order valence-corrected chi connectivity index (χ1v) is 6.01. The zero-order valence-corrected chi connectivity index (χ0v) is 10.4. The maximum absolute atomic E-state index is 12.0. The molecule has 18 heavy (non-hydrogen) atoms. The van der Waals surface area contributed by atoms with Gasteiger partial charge in [-0.05, 0) is 18.6 Å². The van der Waals surface area contributed by atoms with E-state index in [2.05, 4.69) is 5.32 Å². The summed E-state index contributed by atoms with van der Waals surface area (Å²) in [6.45, 7) is 4.03. The number of para-hydroxylation sites is 1. The van der Waals surface area contributed by atoms with Gasteiger partial charge in [0.15, 0.2) is 0 Å². The number of hydrogen-bond donors (Lipinski definition) is 2. The molecule has 1 aliphatic rings. The quantitative estimate of drug-likeness (QED) is 0.775. The van der Waals surface area contributed by atoms with Crippen LogP contribution in [0.5, 0.6) is 0 Å². The molecule has 2 rings (SSSR count). The molecule has 0 aliphatic carbocycles. The van der Waals surface area contributed by atoms with Crippen LogP contribution in [0.15, 0.2) is 18.2 Å². The standard InChI is InChI=1S/C13H18N2O3/c1-9-3-2-4-11(12(9)14)13(16)15-7-10-8-17-5-6-18-10/h2-4,10H,5-8,14H2,1H3,(H,15,16). The van der Waals surface area contributed by atoms with Gasteiger partial charge in [0.25, 0.3) is 5.91 Å². The number of carbonyl (C=O) groups excluding carboxylic acids is 1. The minimum atomic E-state index is -0.176. The third-order valence-corrected chi connectivity index (χ3v) is 2.94. The Morgan fingerprint density at radius 1 is 1.50 bits per heavy atom. The number of hydrogen-bond acceptors (Lipinski definition) is 4. The van der Waals surface area contributed by atoms with Crippen molar-refractivity contribution in [2.45, 2.75) is 13.0 Å². The van der Waals surface area contributed by atoms with E-state index < -0.39 is 0 Å². The Bertz CT molecular complexity index is 428. The van der Waals surface area contributed by atoms with Crippen molar-refractivity contribution in [2.24, 2.45) is 0 Å². The highest BCUT2D eigenvalue weighted by Gasteiger charge is 2.17. The van der Waals surface area contributed by atoms with Crippen molar-refractivity contribution in [1.29, 1.82) is 0 Å². The van der Waals surface area contributed by atoms with E-state index in [1.165, 1.54) is 0 Å². The molecule has 1 unspecified atom stereocenters. The lowest BCUT2D eigenvalue weighted by molar-refractivity contribution is -0.0855. The monoisotopic (exact) mass is 250 g/mol. The van der Waals surface area contributed by atoms with Crippen LogP contribution in [0.25, 0.3) is 0 Å². The topological polar surface area (TPSA) is 73.6 Å². The number of ether oxygens (including phenoxy) is 2. The van der Waals surface area contributed by atoms with Crippen LogP contribution in [0.4, 0.5) is 5.69 Å². The van der Waals surface area contributed by atoms with Crippen molar-refractivity contribution in [3.63, 3.8) is 0 Å². The smallest absolute Gasteiger partial charge is 0.253 e. The molecule has 0 radical (unpaired) electrons. The molecule has 1 amide bonds. The molecule has 1 aliphatic heterocycles. The minimum Gasteiger partial charge on any atom is -0.398 e. The van der Waals surface area contributed by atoms with E-state index in [9.17, 15) is 4.79 Å². The number of amides is 1. The number of nitrogens with one attached hydrogen (secondary N) is 1. The van der Waals surface area contributed by atoms with Crippen molar-refractivity contribution in [3.8, 4) is 0 Å². The van der Waals surface area contributed by atoms with Gasteiger partial charge in [0.1, 0.15) is 0 Å². The minimum absolute atomic E-state index is 0.0752. The van der Waals surface area contributed by atoms with Crippen LogP contribution in [-0.4, -0.2) is 38.4 Å². The lowest BCUT2D eigenvalue weighted by Crippen LogP contribution is -2.39. The first-order valence-electron chi connectivity index (χ1n) is 6.01. The summed E-state index contributed by atoms with van der Waals surface area (Å²) in [5, 5.41) is 2.81. The normalized spacial score (nSPS) is 19.5. The van der Waals surface area contributed by atoms with Crippen LogP contribution in [-0.2, 0) is 9.47 Å². The summed E-state index contributed by atoms with van der Waals surface area (Å²) >= 11 is 0. The van der Waals surface area contributed by atoms with E-state index in [1.807, 2.05) is 19.1 Å². The van der Waals surface area contributed by atoms with Crippen LogP contribution in [0, 0.1) is 6.92 Å². The maximum Gasteiger partial charge on any atom is 0.253 e.